The summed E-state index contributed by atoms with van der Waals surface area (Å²) >= 11 is 5.67. The summed E-state index contributed by atoms with van der Waals surface area (Å²) in [5.41, 5.74) is -0.112. The molecule has 7 heteroatoms. The van der Waals surface area contributed by atoms with Gasteiger partial charge in [-0.15, -0.1) is 0 Å². The summed E-state index contributed by atoms with van der Waals surface area (Å²) in [5, 5.41) is 20.1. The van der Waals surface area contributed by atoms with Crippen molar-refractivity contribution < 1.29 is 9.66 Å². The molecule has 2 rings (SSSR count). The summed E-state index contributed by atoms with van der Waals surface area (Å²) < 4.78 is 5.30. The Labute approximate surface area is 113 Å². The van der Waals surface area contributed by atoms with Gasteiger partial charge < -0.3 is 4.74 Å². The summed E-state index contributed by atoms with van der Waals surface area (Å²) in [6, 6.07) is 8.80. The predicted molar refractivity (Wildman–Crippen MR) is 67.1 cm³/mol. The van der Waals surface area contributed by atoms with Crippen molar-refractivity contribution in [1.29, 1.82) is 5.26 Å². The zero-order valence-corrected chi connectivity index (χ0v) is 10.2. The Morgan fingerprint density at radius 3 is 2.74 bits per heavy atom. The maximum atomic E-state index is 10.9. The lowest BCUT2D eigenvalue weighted by molar-refractivity contribution is -0.385. The van der Waals surface area contributed by atoms with Gasteiger partial charge in [0.05, 0.1) is 21.6 Å². The Kier molecular flexibility index (Phi) is 3.59. The van der Waals surface area contributed by atoms with Crippen LogP contribution in [-0.4, -0.2) is 9.91 Å². The van der Waals surface area contributed by atoms with Crippen LogP contribution in [0.1, 0.15) is 5.56 Å². The standard InChI is InChI=1S/C12H6ClN3O3/c13-9-2-4-12(15-7-9)19-11-3-1-8(6-14)5-10(11)16(17)18/h1-5,7H. The van der Waals surface area contributed by atoms with Gasteiger partial charge in [-0.05, 0) is 18.2 Å². The van der Waals surface area contributed by atoms with Gasteiger partial charge >= 0.3 is 5.69 Å². The van der Waals surface area contributed by atoms with Gasteiger partial charge in [0, 0.05) is 18.3 Å². The molecule has 0 saturated heterocycles. The van der Waals surface area contributed by atoms with E-state index in [-0.39, 0.29) is 22.9 Å². The highest BCUT2D eigenvalue weighted by Crippen LogP contribution is 2.31. The van der Waals surface area contributed by atoms with E-state index in [9.17, 15) is 10.1 Å². The third-order valence-electron chi connectivity index (χ3n) is 2.20. The highest BCUT2D eigenvalue weighted by molar-refractivity contribution is 6.30. The predicted octanol–water partition coefficient (Wildman–Crippen LogP) is 3.31. The normalized spacial score (nSPS) is 9.68. The smallest absolute Gasteiger partial charge is 0.312 e. The van der Waals surface area contributed by atoms with E-state index in [1.165, 1.54) is 24.4 Å². The SMILES string of the molecule is N#Cc1ccc(Oc2ccc(Cl)cn2)c([N+](=O)[O-])c1. The quantitative estimate of drug-likeness (QED) is 0.633. The second kappa shape index (κ2) is 5.33. The first-order valence-corrected chi connectivity index (χ1v) is 5.46. The summed E-state index contributed by atoms with van der Waals surface area (Å²) in [5.74, 6) is 0.191. The Hall–Kier alpha value is -2.65. The summed E-state index contributed by atoms with van der Waals surface area (Å²) in [7, 11) is 0. The summed E-state index contributed by atoms with van der Waals surface area (Å²) in [6.07, 6.45) is 1.37. The van der Waals surface area contributed by atoms with E-state index < -0.39 is 4.92 Å². The Balaban J connectivity index is 2.37. The van der Waals surface area contributed by atoms with Crippen molar-refractivity contribution in [2.45, 2.75) is 0 Å². The number of halogens is 1. The van der Waals surface area contributed by atoms with Gasteiger partial charge in [0.1, 0.15) is 0 Å². The molecule has 0 amide bonds. The molecule has 0 atom stereocenters. The molecule has 0 aliphatic heterocycles. The average Bonchev–Trinajstić information content (AvgIpc) is 2.41. The van der Waals surface area contributed by atoms with Crippen molar-refractivity contribution in [3.8, 4) is 17.7 Å². The molecule has 0 radical (unpaired) electrons. The second-order valence-corrected chi connectivity index (χ2v) is 3.90. The number of hydrogen-bond acceptors (Lipinski definition) is 5. The van der Waals surface area contributed by atoms with E-state index in [4.69, 9.17) is 21.6 Å². The van der Waals surface area contributed by atoms with Crippen molar-refractivity contribution in [3.05, 3.63) is 57.2 Å². The van der Waals surface area contributed by atoms with Crippen LogP contribution >= 0.6 is 11.6 Å². The minimum atomic E-state index is -0.619. The molecule has 0 fully saturated rings. The number of nitro groups is 1. The van der Waals surface area contributed by atoms with Crippen LogP contribution in [0.5, 0.6) is 11.6 Å². The van der Waals surface area contributed by atoms with Gasteiger partial charge in [0.25, 0.3) is 0 Å². The van der Waals surface area contributed by atoms with Crippen molar-refractivity contribution in [1.82, 2.24) is 4.98 Å². The van der Waals surface area contributed by atoms with E-state index in [0.29, 0.717) is 5.02 Å². The molecule has 0 aliphatic carbocycles. The fourth-order valence-electron chi connectivity index (χ4n) is 1.35. The van der Waals surface area contributed by atoms with E-state index in [2.05, 4.69) is 4.98 Å². The molecule has 0 aliphatic rings. The van der Waals surface area contributed by atoms with Crippen LogP contribution < -0.4 is 4.74 Å². The monoisotopic (exact) mass is 275 g/mol. The molecule has 0 bridgehead atoms. The molecule has 1 aromatic heterocycles. The van der Waals surface area contributed by atoms with E-state index >= 15 is 0 Å². The number of hydrogen-bond donors (Lipinski definition) is 0. The first-order valence-electron chi connectivity index (χ1n) is 5.08. The summed E-state index contributed by atoms with van der Waals surface area (Å²) in [4.78, 5) is 14.2. The molecule has 19 heavy (non-hydrogen) atoms. The van der Waals surface area contributed by atoms with Crippen LogP contribution in [0.15, 0.2) is 36.5 Å². The first-order chi connectivity index (χ1) is 9.10. The third kappa shape index (κ3) is 2.97. The van der Waals surface area contributed by atoms with Gasteiger partial charge in [0.15, 0.2) is 0 Å². The van der Waals surface area contributed by atoms with Crippen molar-refractivity contribution in [3.63, 3.8) is 0 Å². The highest BCUT2D eigenvalue weighted by Gasteiger charge is 2.17. The average molecular weight is 276 g/mol. The van der Waals surface area contributed by atoms with Crippen LogP contribution in [0, 0.1) is 21.4 Å². The number of aromatic nitrogens is 1. The third-order valence-corrected chi connectivity index (χ3v) is 2.42. The van der Waals surface area contributed by atoms with Gasteiger partial charge in [-0.3, -0.25) is 10.1 Å². The van der Waals surface area contributed by atoms with Crippen molar-refractivity contribution in [2.24, 2.45) is 0 Å². The number of rotatable bonds is 3. The maximum absolute atomic E-state index is 10.9. The molecule has 0 unspecified atom stereocenters. The Morgan fingerprint density at radius 1 is 1.37 bits per heavy atom. The van der Waals surface area contributed by atoms with Gasteiger partial charge in [0.2, 0.25) is 11.6 Å². The van der Waals surface area contributed by atoms with Crippen molar-refractivity contribution >= 4 is 17.3 Å². The molecule has 0 spiro atoms. The fraction of sp³-hybridized carbons (Fsp3) is 0. The fourth-order valence-corrected chi connectivity index (χ4v) is 1.46. The Bertz CT molecular complexity index is 665. The van der Waals surface area contributed by atoms with Crippen LogP contribution in [0.3, 0.4) is 0 Å². The second-order valence-electron chi connectivity index (χ2n) is 3.47. The van der Waals surface area contributed by atoms with Crippen molar-refractivity contribution in [2.75, 3.05) is 0 Å². The number of nitrogens with zero attached hydrogens (tertiary/aromatic N) is 3. The topological polar surface area (TPSA) is 89.0 Å². The van der Waals surface area contributed by atoms with Gasteiger partial charge in [-0.1, -0.05) is 11.6 Å². The molecule has 94 valence electrons. The largest absolute Gasteiger partial charge is 0.432 e. The van der Waals surface area contributed by atoms with Gasteiger partial charge in [-0.25, -0.2) is 4.98 Å². The maximum Gasteiger partial charge on any atom is 0.312 e. The number of ether oxygens (including phenoxy) is 1. The molecular formula is C12H6ClN3O3. The van der Waals surface area contributed by atoms with Crippen LogP contribution in [-0.2, 0) is 0 Å². The number of pyridine rings is 1. The molecule has 0 N–H and O–H groups in total. The first kappa shape index (κ1) is 12.8. The lowest BCUT2D eigenvalue weighted by atomic mass is 10.2. The number of benzene rings is 1. The molecule has 1 heterocycles. The summed E-state index contributed by atoms with van der Waals surface area (Å²) in [6.45, 7) is 0. The number of nitro benzene ring substituents is 1. The minimum Gasteiger partial charge on any atom is -0.432 e. The van der Waals surface area contributed by atoms with Gasteiger partial charge in [-0.2, -0.15) is 5.26 Å². The molecule has 6 nitrogen and oxygen atoms in total. The molecule has 0 saturated carbocycles. The van der Waals surface area contributed by atoms with Crippen LogP contribution in [0.4, 0.5) is 5.69 Å². The zero-order chi connectivity index (χ0) is 13.8. The van der Waals surface area contributed by atoms with Crippen LogP contribution in [0.25, 0.3) is 0 Å². The number of nitriles is 1. The zero-order valence-electron chi connectivity index (χ0n) is 9.41. The molecule has 1 aromatic carbocycles. The lowest BCUT2D eigenvalue weighted by Crippen LogP contribution is -1.95. The minimum absolute atomic E-state index is 0.0128. The lowest BCUT2D eigenvalue weighted by Gasteiger charge is -2.05. The van der Waals surface area contributed by atoms with E-state index in [1.807, 2.05) is 6.07 Å². The highest BCUT2D eigenvalue weighted by atomic mass is 35.5. The molecule has 2 aromatic rings. The Morgan fingerprint density at radius 2 is 2.16 bits per heavy atom. The molecular weight excluding hydrogens is 270 g/mol. The van der Waals surface area contributed by atoms with E-state index in [0.717, 1.165) is 6.07 Å². The van der Waals surface area contributed by atoms with E-state index in [1.54, 1.807) is 6.07 Å². The van der Waals surface area contributed by atoms with Crippen LogP contribution in [0.2, 0.25) is 5.02 Å².